The highest BCUT2D eigenvalue weighted by atomic mass is 35.5. The van der Waals surface area contributed by atoms with E-state index in [0.717, 1.165) is 30.6 Å². The van der Waals surface area contributed by atoms with Crippen molar-refractivity contribution in [2.45, 2.75) is 17.1 Å². The minimum Gasteiger partial charge on any atom is -0.364 e. The number of halogens is 1. The van der Waals surface area contributed by atoms with Crippen LogP contribution >= 0.6 is 11.6 Å². The van der Waals surface area contributed by atoms with Gasteiger partial charge in [-0.05, 0) is 61.5 Å². The Balaban J connectivity index is 1.64. The van der Waals surface area contributed by atoms with Crippen LogP contribution in [0.1, 0.15) is 17.7 Å². The van der Waals surface area contributed by atoms with Gasteiger partial charge < -0.3 is 9.42 Å². The van der Waals surface area contributed by atoms with E-state index in [-0.39, 0.29) is 16.2 Å². The summed E-state index contributed by atoms with van der Waals surface area (Å²) in [6.07, 6.45) is 4.34. The number of benzene rings is 2. The van der Waals surface area contributed by atoms with E-state index in [9.17, 15) is 13.2 Å². The number of nitrogens with zero attached hydrogens (tertiary/aromatic N) is 3. The third kappa shape index (κ3) is 4.32. The molecule has 0 unspecified atom stereocenters. The average Bonchev–Trinajstić information content (AvgIpc) is 3.32. The lowest BCUT2D eigenvalue weighted by Gasteiger charge is -2.24. The van der Waals surface area contributed by atoms with E-state index < -0.39 is 9.84 Å². The Hall–Kier alpha value is -3.20. The van der Waals surface area contributed by atoms with Gasteiger partial charge in [-0.15, -0.1) is 0 Å². The van der Waals surface area contributed by atoms with Crippen LogP contribution in [0.2, 0.25) is 5.02 Å². The van der Waals surface area contributed by atoms with E-state index >= 15 is 0 Å². The summed E-state index contributed by atoms with van der Waals surface area (Å²) >= 11 is 6.34. The van der Waals surface area contributed by atoms with Gasteiger partial charge in [0.05, 0.1) is 21.8 Å². The maximum absolute atomic E-state index is 13.1. The third-order valence-electron chi connectivity index (χ3n) is 6.01. The zero-order valence-corrected chi connectivity index (χ0v) is 20.0. The maximum atomic E-state index is 13.1. The van der Waals surface area contributed by atoms with Crippen molar-refractivity contribution in [2.75, 3.05) is 20.1 Å². The molecule has 2 aromatic heterocycles. The number of aromatic nitrogens is 2. The third-order valence-corrected chi connectivity index (χ3v) is 7.89. The molecule has 0 bridgehead atoms. The van der Waals surface area contributed by atoms with Crippen LogP contribution in [0.5, 0.6) is 0 Å². The minimum atomic E-state index is -3.64. The minimum absolute atomic E-state index is 0.155. The van der Waals surface area contributed by atoms with Gasteiger partial charge in [0.15, 0.2) is 9.84 Å². The SMILES string of the molecule is CN1CC=C(c2cc(Cl)ccc2-n2c(=O)ccc3cc(S(=O)(=O)Cc4ccon4)ccc32)CC1. The van der Waals surface area contributed by atoms with Crippen molar-refractivity contribution in [1.82, 2.24) is 14.6 Å². The summed E-state index contributed by atoms with van der Waals surface area (Å²) in [5.74, 6) is -0.265. The van der Waals surface area contributed by atoms with Crippen LogP contribution in [0, 0.1) is 0 Å². The number of hydrogen-bond acceptors (Lipinski definition) is 6. The van der Waals surface area contributed by atoms with Gasteiger partial charge in [0.1, 0.15) is 12.0 Å². The second-order valence-corrected chi connectivity index (χ2v) is 10.8. The first kappa shape index (κ1) is 22.6. The quantitative estimate of drug-likeness (QED) is 0.410. The molecule has 5 rings (SSSR count). The lowest BCUT2D eigenvalue weighted by molar-refractivity contribution is 0.370. The second-order valence-electron chi connectivity index (χ2n) is 8.38. The molecule has 2 aromatic carbocycles. The van der Waals surface area contributed by atoms with Gasteiger partial charge in [-0.1, -0.05) is 22.8 Å². The number of likely N-dealkylation sites (N-methyl/N-ethyl adjacent to an activating group) is 1. The Labute approximate surface area is 201 Å². The predicted molar refractivity (Wildman–Crippen MR) is 132 cm³/mol. The molecule has 0 saturated carbocycles. The summed E-state index contributed by atoms with van der Waals surface area (Å²) in [7, 11) is -1.57. The molecule has 174 valence electrons. The van der Waals surface area contributed by atoms with Crippen LogP contribution in [-0.4, -0.2) is 43.2 Å². The van der Waals surface area contributed by atoms with E-state index in [1.165, 1.54) is 24.5 Å². The number of fused-ring (bicyclic) bond motifs is 1. The van der Waals surface area contributed by atoms with Crippen molar-refractivity contribution >= 4 is 37.9 Å². The molecule has 34 heavy (non-hydrogen) atoms. The molecule has 0 saturated heterocycles. The van der Waals surface area contributed by atoms with Gasteiger partial charge in [-0.3, -0.25) is 9.36 Å². The molecule has 0 radical (unpaired) electrons. The number of rotatable bonds is 5. The molecule has 0 aliphatic carbocycles. The Morgan fingerprint density at radius 3 is 2.68 bits per heavy atom. The summed E-state index contributed by atoms with van der Waals surface area (Å²) in [6, 6.07) is 14.9. The Bertz CT molecular complexity index is 1570. The molecular formula is C25H22ClN3O4S. The molecule has 3 heterocycles. The largest absolute Gasteiger partial charge is 0.364 e. The Morgan fingerprint density at radius 1 is 1.09 bits per heavy atom. The summed E-state index contributed by atoms with van der Waals surface area (Å²) < 4.78 is 32.2. The first-order chi connectivity index (χ1) is 16.3. The number of sulfone groups is 1. The lowest BCUT2D eigenvalue weighted by Crippen LogP contribution is -2.24. The van der Waals surface area contributed by atoms with Crippen LogP contribution in [-0.2, 0) is 15.6 Å². The van der Waals surface area contributed by atoms with Gasteiger partial charge in [0.25, 0.3) is 5.56 Å². The monoisotopic (exact) mass is 495 g/mol. The van der Waals surface area contributed by atoms with Crippen LogP contribution in [0.3, 0.4) is 0 Å². The number of hydrogen-bond donors (Lipinski definition) is 0. The van der Waals surface area contributed by atoms with Gasteiger partial charge in [-0.25, -0.2) is 8.42 Å². The summed E-state index contributed by atoms with van der Waals surface area (Å²) in [5, 5.41) is 4.93. The Kier molecular flexibility index (Phi) is 5.89. The van der Waals surface area contributed by atoms with E-state index in [0.29, 0.717) is 27.3 Å². The fourth-order valence-corrected chi connectivity index (χ4v) is 5.69. The van der Waals surface area contributed by atoms with Crippen molar-refractivity contribution in [1.29, 1.82) is 0 Å². The topological polar surface area (TPSA) is 85.4 Å². The highest BCUT2D eigenvalue weighted by Gasteiger charge is 2.20. The van der Waals surface area contributed by atoms with Crippen molar-refractivity contribution in [3.05, 3.63) is 93.6 Å². The zero-order valence-electron chi connectivity index (χ0n) is 18.4. The molecule has 7 nitrogen and oxygen atoms in total. The number of pyridine rings is 1. The normalized spacial score (nSPS) is 14.9. The second kappa shape index (κ2) is 8.87. The van der Waals surface area contributed by atoms with E-state index in [1.807, 2.05) is 12.1 Å². The van der Waals surface area contributed by atoms with Gasteiger partial charge in [0, 0.05) is 41.2 Å². The summed E-state index contributed by atoms with van der Waals surface area (Å²) in [4.78, 5) is 15.4. The molecule has 0 amide bonds. The average molecular weight is 496 g/mol. The zero-order chi connectivity index (χ0) is 23.9. The fourth-order valence-electron chi connectivity index (χ4n) is 4.23. The molecule has 0 atom stereocenters. The van der Waals surface area contributed by atoms with Crippen molar-refractivity contribution in [3.8, 4) is 5.69 Å². The molecule has 0 fully saturated rings. The van der Waals surface area contributed by atoms with Crippen LogP contribution in [0.4, 0.5) is 0 Å². The van der Waals surface area contributed by atoms with Gasteiger partial charge in [-0.2, -0.15) is 0 Å². The van der Waals surface area contributed by atoms with Gasteiger partial charge in [0.2, 0.25) is 0 Å². The summed E-state index contributed by atoms with van der Waals surface area (Å²) in [5.41, 5.74) is 3.49. The first-order valence-corrected chi connectivity index (χ1v) is 12.8. The standard InChI is InChI=1S/C25H22ClN3O4S/c1-28-11-8-17(9-12-28)22-15-19(26)3-5-24(22)29-23-6-4-21(14-18(23)2-7-25(29)30)34(31,32)16-20-10-13-33-27-20/h2-8,10,13-15H,9,11-12,16H2,1H3. The molecule has 0 spiro atoms. The first-order valence-electron chi connectivity index (χ1n) is 10.8. The van der Waals surface area contributed by atoms with E-state index in [1.54, 1.807) is 28.8 Å². The van der Waals surface area contributed by atoms with Crippen LogP contribution in [0.15, 0.2) is 81.1 Å². The maximum Gasteiger partial charge on any atom is 0.255 e. The molecule has 1 aliphatic rings. The van der Waals surface area contributed by atoms with Crippen molar-refractivity contribution < 1.29 is 12.9 Å². The molecule has 4 aromatic rings. The van der Waals surface area contributed by atoms with Crippen molar-refractivity contribution in [2.24, 2.45) is 0 Å². The van der Waals surface area contributed by atoms with Crippen LogP contribution < -0.4 is 5.56 Å². The summed E-state index contributed by atoms with van der Waals surface area (Å²) in [6.45, 7) is 1.73. The smallest absolute Gasteiger partial charge is 0.255 e. The molecule has 0 N–H and O–H groups in total. The lowest BCUT2D eigenvalue weighted by atomic mass is 9.97. The predicted octanol–water partition coefficient (Wildman–Crippen LogP) is 4.32. The van der Waals surface area contributed by atoms with Crippen molar-refractivity contribution in [3.63, 3.8) is 0 Å². The van der Waals surface area contributed by atoms with Gasteiger partial charge >= 0.3 is 0 Å². The fraction of sp³-hybridized carbons (Fsp3) is 0.200. The molecule has 1 aliphatic heterocycles. The van der Waals surface area contributed by atoms with Crippen LogP contribution in [0.25, 0.3) is 22.2 Å². The highest BCUT2D eigenvalue weighted by Crippen LogP contribution is 2.31. The highest BCUT2D eigenvalue weighted by molar-refractivity contribution is 7.90. The molecule has 9 heteroatoms. The van der Waals surface area contributed by atoms with E-state index in [2.05, 4.69) is 23.2 Å². The Morgan fingerprint density at radius 2 is 1.94 bits per heavy atom. The van der Waals surface area contributed by atoms with E-state index in [4.69, 9.17) is 16.1 Å². The molecular weight excluding hydrogens is 474 g/mol.